The van der Waals surface area contributed by atoms with Gasteiger partial charge in [0.05, 0.1) is 17.4 Å². The zero-order chi connectivity index (χ0) is 15.6. The highest BCUT2D eigenvalue weighted by Gasteiger charge is 2.16. The van der Waals surface area contributed by atoms with E-state index in [1.807, 2.05) is 19.9 Å². The molecule has 21 heavy (non-hydrogen) atoms. The molecule has 0 aliphatic heterocycles. The quantitative estimate of drug-likeness (QED) is 0.343. The Balaban J connectivity index is 2.38. The number of nitrogens with zero attached hydrogens (tertiary/aromatic N) is 3. The predicted molar refractivity (Wildman–Crippen MR) is 79.6 cm³/mol. The van der Waals surface area contributed by atoms with Crippen LogP contribution in [-0.2, 0) is 7.05 Å². The van der Waals surface area contributed by atoms with Gasteiger partial charge in [-0.2, -0.15) is 5.10 Å². The molecular weight excluding hydrogens is 270 g/mol. The van der Waals surface area contributed by atoms with Gasteiger partial charge in [0, 0.05) is 18.3 Å². The largest absolute Gasteiger partial charge is 0.409 e. The molecule has 7 nitrogen and oxygen atoms in total. The van der Waals surface area contributed by atoms with Gasteiger partial charge in [-0.15, -0.1) is 0 Å². The molecule has 1 amide bonds. The van der Waals surface area contributed by atoms with Gasteiger partial charge in [0.2, 0.25) is 0 Å². The molecule has 0 aliphatic rings. The molecule has 110 valence electrons. The number of carbonyl (C=O) groups excluding carboxylic acids is 1. The third-order valence-corrected chi connectivity index (χ3v) is 3.36. The van der Waals surface area contributed by atoms with Crippen LogP contribution in [0.4, 0.5) is 5.69 Å². The van der Waals surface area contributed by atoms with E-state index in [1.165, 1.54) is 6.20 Å². The van der Waals surface area contributed by atoms with Crippen molar-refractivity contribution in [2.24, 2.45) is 17.9 Å². The number of carbonyl (C=O) groups is 1. The van der Waals surface area contributed by atoms with Crippen LogP contribution in [0.3, 0.4) is 0 Å². The van der Waals surface area contributed by atoms with Crippen molar-refractivity contribution in [3.8, 4) is 0 Å². The molecule has 1 aromatic carbocycles. The molecule has 0 radical (unpaired) electrons. The Morgan fingerprint density at radius 1 is 1.43 bits per heavy atom. The number of aromatic nitrogens is 2. The second-order valence-electron chi connectivity index (χ2n) is 4.70. The van der Waals surface area contributed by atoms with E-state index in [4.69, 9.17) is 10.9 Å². The molecule has 0 bridgehead atoms. The van der Waals surface area contributed by atoms with Crippen LogP contribution in [0.5, 0.6) is 0 Å². The number of anilines is 1. The fourth-order valence-corrected chi connectivity index (χ4v) is 2.07. The third-order valence-electron chi connectivity index (χ3n) is 3.36. The molecule has 7 heteroatoms. The van der Waals surface area contributed by atoms with Gasteiger partial charge in [-0.05, 0) is 25.5 Å². The van der Waals surface area contributed by atoms with E-state index in [-0.39, 0.29) is 11.7 Å². The summed E-state index contributed by atoms with van der Waals surface area (Å²) in [5.41, 5.74) is 8.69. The standard InChI is InChI=1S/C14H17N5O2/c1-8-5-4-6-11(12(8)13(15)18-21)17-14(20)10-7-16-19(3)9(10)2/h4-7,21H,1-3H3,(H2,15,18)(H,17,20). The molecule has 2 aromatic rings. The molecule has 0 unspecified atom stereocenters. The van der Waals surface area contributed by atoms with Gasteiger partial charge >= 0.3 is 0 Å². The van der Waals surface area contributed by atoms with Crippen molar-refractivity contribution in [1.82, 2.24) is 9.78 Å². The molecule has 1 heterocycles. The Bertz CT molecular complexity index is 718. The van der Waals surface area contributed by atoms with E-state index in [0.717, 1.165) is 11.3 Å². The molecular formula is C14H17N5O2. The van der Waals surface area contributed by atoms with Crippen LogP contribution in [0, 0.1) is 13.8 Å². The molecule has 0 saturated carbocycles. The SMILES string of the molecule is Cc1cccc(NC(=O)c2cnn(C)c2C)c1/C(N)=N/O. The molecule has 0 fully saturated rings. The fourth-order valence-electron chi connectivity index (χ4n) is 2.07. The van der Waals surface area contributed by atoms with Gasteiger partial charge in [0.25, 0.3) is 5.91 Å². The van der Waals surface area contributed by atoms with Gasteiger partial charge in [-0.1, -0.05) is 17.3 Å². The summed E-state index contributed by atoms with van der Waals surface area (Å²) in [6.07, 6.45) is 1.50. The molecule has 0 atom stereocenters. The van der Waals surface area contributed by atoms with Crippen LogP contribution in [0.2, 0.25) is 0 Å². The predicted octanol–water partition coefficient (Wildman–Crippen LogP) is 1.38. The molecule has 0 spiro atoms. The third kappa shape index (κ3) is 2.71. The summed E-state index contributed by atoms with van der Waals surface area (Å²) in [6.45, 7) is 3.63. The summed E-state index contributed by atoms with van der Waals surface area (Å²) >= 11 is 0. The van der Waals surface area contributed by atoms with Gasteiger partial charge in [-0.25, -0.2) is 0 Å². The first-order chi connectivity index (χ1) is 9.95. The smallest absolute Gasteiger partial charge is 0.259 e. The lowest BCUT2D eigenvalue weighted by Crippen LogP contribution is -2.20. The summed E-state index contributed by atoms with van der Waals surface area (Å²) in [7, 11) is 1.76. The van der Waals surface area contributed by atoms with Gasteiger partial charge < -0.3 is 16.3 Å². The summed E-state index contributed by atoms with van der Waals surface area (Å²) in [6, 6.07) is 5.30. The summed E-state index contributed by atoms with van der Waals surface area (Å²) < 4.78 is 1.62. The maximum absolute atomic E-state index is 12.3. The lowest BCUT2D eigenvalue weighted by atomic mass is 10.1. The molecule has 0 saturated heterocycles. The molecule has 0 aliphatic carbocycles. The van der Waals surface area contributed by atoms with Crippen molar-refractivity contribution >= 4 is 17.4 Å². The second kappa shape index (κ2) is 5.66. The molecule has 4 N–H and O–H groups in total. The van der Waals surface area contributed by atoms with E-state index in [1.54, 1.807) is 23.9 Å². The normalized spacial score (nSPS) is 11.5. The minimum atomic E-state index is -0.293. The number of hydrogen-bond acceptors (Lipinski definition) is 4. The van der Waals surface area contributed by atoms with E-state index in [9.17, 15) is 4.79 Å². The zero-order valence-electron chi connectivity index (χ0n) is 12.1. The highest BCUT2D eigenvalue weighted by Crippen LogP contribution is 2.20. The van der Waals surface area contributed by atoms with Crippen molar-refractivity contribution < 1.29 is 10.0 Å². The van der Waals surface area contributed by atoms with E-state index in [2.05, 4.69) is 15.6 Å². The average Bonchev–Trinajstić information content (AvgIpc) is 2.78. The zero-order valence-corrected chi connectivity index (χ0v) is 12.1. The van der Waals surface area contributed by atoms with Crippen LogP contribution < -0.4 is 11.1 Å². The van der Waals surface area contributed by atoms with Crippen LogP contribution in [0.15, 0.2) is 29.6 Å². The van der Waals surface area contributed by atoms with Crippen LogP contribution in [0.25, 0.3) is 0 Å². The van der Waals surface area contributed by atoms with Gasteiger partial charge in [0.1, 0.15) is 0 Å². The fraction of sp³-hybridized carbons (Fsp3) is 0.214. The van der Waals surface area contributed by atoms with Crippen molar-refractivity contribution in [3.63, 3.8) is 0 Å². The first kappa shape index (κ1) is 14.6. The first-order valence-electron chi connectivity index (χ1n) is 6.33. The highest BCUT2D eigenvalue weighted by atomic mass is 16.4. The van der Waals surface area contributed by atoms with Crippen molar-refractivity contribution in [2.45, 2.75) is 13.8 Å². The van der Waals surface area contributed by atoms with E-state index in [0.29, 0.717) is 16.8 Å². The van der Waals surface area contributed by atoms with E-state index >= 15 is 0 Å². The maximum Gasteiger partial charge on any atom is 0.259 e. The highest BCUT2D eigenvalue weighted by molar-refractivity contribution is 6.10. The first-order valence-corrected chi connectivity index (χ1v) is 6.33. The van der Waals surface area contributed by atoms with Crippen LogP contribution >= 0.6 is 0 Å². The number of amidine groups is 1. The van der Waals surface area contributed by atoms with Crippen LogP contribution in [-0.4, -0.2) is 26.7 Å². The topological polar surface area (TPSA) is 106 Å². The monoisotopic (exact) mass is 287 g/mol. The number of nitrogens with two attached hydrogens (primary N) is 1. The number of aryl methyl sites for hydroxylation is 2. The Hall–Kier alpha value is -2.83. The van der Waals surface area contributed by atoms with Crippen molar-refractivity contribution in [2.75, 3.05) is 5.32 Å². The Morgan fingerprint density at radius 2 is 2.14 bits per heavy atom. The number of hydrogen-bond donors (Lipinski definition) is 3. The average molecular weight is 287 g/mol. The number of oxime groups is 1. The minimum Gasteiger partial charge on any atom is -0.409 e. The molecule has 2 rings (SSSR count). The molecule has 1 aromatic heterocycles. The van der Waals surface area contributed by atoms with Crippen molar-refractivity contribution in [3.05, 3.63) is 46.8 Å². The second-order valence-corrected chi connectivity index (χ2v) is 4.70. The minimum absolute atomic E-state index is 0.0497. The number of amides is 1. The number of rotatable bonds is 3. The van der Waals surface area contributed by atoms with Gasteiger partial charge in [-0.3, -0.25) is 9.48 Å². The van der Waals surface area contributed by atoms with Crippen LogP contribution in [0.1, 0.15) is 27.2 Å². The summed E-state index contributed by atoms with van der Waals surface area (Å²) in [4.78, 5) is 12.3. The Morgan fingerprint density at radius 3 is 2.71 bits per heavy atom. The lowest BCUT2D eigenvalue weighted by molar-refractivity contribution is 0.102. The van der Waals surface area contributed by atoms with E-state index < -0.39 is 0 Å². The maximum atomic E-state index is 12.3. The number of benzene rings is 1. The van der Waals surface area contributed by atoms with Crippen molar-refractivity contribution in [1.29, 1.82) is 0 Å². The summed E-state index contributed by atoms with van der Waals surface area (Å²) in [5.74, 6) is -0.343. The Kier molecular flexibility index (Phi) is 3.93. The lowest BCUT2D eigenvalue weighted by Gasteiger charge is -2.12. The van der Waals surface area contributed by atoms with Gasteiger partial charge in [0.15, 0.2) is 5.84 Å². The summed E-state index contributed by atoms with van der Waals surface area (Å²) in [5, 5.41) is 18.7. The Labute approximate surface area is 122 Å². The number of nitrogens with one attached hydrogen (secondary N) is 1.